The van der Waals surface area contributed by atoms with E-state index in [0.29, 0.717) is 11.1 Å². The van der Waals surface area contributed by atoms with Gasteiger partial charge in [-0.2, -0.15) is 0 Å². The van der Waals surface area contributed by atoms with E-state index >= 15 is 0 Å². The minimum Gasteiger partial charge on any atom is -0.307 e. The van der Waals surface area contributed by atoms with Gasteiger partial charge in [0.05, 0.1) is 0 Å². The van der Waals surface area contributed by atoms with E-state index in [2.05, 4.69) is 4.84 Å². The van der Waals surface area contributed by atoms with Gasteiger partial charge in [-0.25, -0.2) is 0 Å². The molecule has 18 heavy (non-hydrogen) atoms. The molecule has 1 aromatic rings. The number of carbonyl (C=O) groups is 2. The molecular weight excluding hydrogens is 238 g/mol. The van der Waals surface area contributed by atoms with E-state index in [1.54, 1.807) is 24.3 Å². The maximum absolute atomic E-state index is 11.8. The number of hydrogen-bond donors (Lipinski definition) is 0. The third kappa shape index (κ3) is 2.22. The van der Waals surface area contributed by atoms with Crippen molar-refractivity contribution in [2.45, 2.75) is 25.4 Å². The smallest absolute Gasteiger partial charge is 0.295 e. The van der Waals surface area contributed by atoms with Crippen LogP contribution in [0.4, 0.5) is 0 Å². The molecule has 0 saturated carbocycles. The molecule has 0 aliphatic heterocycles. The summed E-state index contributed by atoms with van der Waals surface area (Å²) in [6.45, 7) is 1.46. The highest BCUT2D eigenvalue weighted by molar-refractivity contribution is 6.44. The normalized spacial score (nSPS) is 23.2. The maximum Gasteiger partial charge on any atom is 0.295 e. The molecule has 0 fully saturated rings. The standard InChI is InChI=1S/C12H11NO5/c1-12(18-13(16)17)6-8-4-2-3-5-9(8)11(15)10(14)7-12/h2-5H,6-7H2,1H3. The molecule has 0 amide bonds. The Morgan fingerprint density at radius 3 is 2.61 bits per heavy atom. The Hall–Kier alpha value is -2.24. The number of ketones is 2. The van der Waals surface area contributed by atoms with Crippen molar-refractivity contribution in [1.82, 2.24) is 0 Å². The first-order valence-corrected chi connectivity index (χ1v) is 5.40. The van der Waals surface area contributed by atoms with E-state index in [-0.39, 0.29) is 12.8 Å². The fourth-order valence-corrected chi connectivity index (χ4v) is 2.18. The van der Waals surface area contributed by atoms with Crippen molar-refractivity contribution in [3.63, 3.8) is 0 Å². The number of rotatable bonds is 2. The largest absolute Gasteiger partial charge is 0.307 e. The Bertz CT molecular complexity index is 539. The van der Waals surface area contributed by atoms with Gasteiger partial charge in [0.15, 0.2) is 0 Å². The summed E-state index contributed by atoms with van der Waals surface area (Å²) >= 11 is 0. The summed E-state index contributed by atoms with van der Waals surface area (Å²) in [7, 11) is 0. The molecule has 1 aliphatic carbocycles. The summed E-state index contributed by atoms with van der Waals surface area (Å²) in [4.78, 5) is 38.6. The fraction of sp³-hybridized carbons (Fsp3) is 0.333. The quantitative estimate of drug-likeness (QED) is 0.342. The minimum atomic E-state index is -1.29. The van der Waals surface area contributed by atoms with Crippen LogP contribution in [0.2, 0.25) is 0 Å². The Kier molecular flexibility index (Phi) is 2.86. The molecule has 6 nitrogen and oxygen atoms in total. The van der Waals surface area contributed by atoms with Gasteiger partial charge in [0.25, 0.3) is 5.09 Å². The van der Waals surface area contributed by atoms with Crippen LogP contribution in [0, 0.1) is 10.1 Å². The van der Waals surface area contributed by atoms with Crippen LogP contribution < -0.4 is 0 Å². The van der Waals surface area contributed by atoms with E-state index in [4.69, 9.17) is 0 Å². The molecule has 0 bridgehead atoms. The van der Waals surface area contributed by atoms with E-state index in [0.717, 1.165) is 0 Å². The summed E-state index contributed by atoms with van der Waals surface area (Å²) < 4.78 is 0. The van der Waals surface area contributed by atoms with Gasteiger partial charge in [0.1, 0.15) is 5.60 Å². The van der Waals surface area contributed by atoms with Gasteiger partial charge in [-0.15, -0.1) is 10.1 Å². The molecule has 6 heteroatoms. The van der Waals surface area contributed by atoms with Gasteiger partial charge >= 0.3 is 0 Å². The Morgan fingerprint density at radius 1 is 1.28 bits per heavy atom. The zero-order chi connectivity index (χ0) is 13.3. The molecule has 1 unspecified atom stereocenters. The van der Waals surface area contributed by atoms with Gasteiger partial charge in [-0.05, 0) is 12.5 Å². The SMILES string of the molecule is CC1(O[N+](=O)[O-])CC(=O)C(=O)c2ccccc2C1. The molecule has 1 aliphatic rings. The number of carbonyl (C=O) groups excluding carboxylic acids is 2. The molecule has 1 aromatic carbocycles. The van der Waals surface area contributed by atoms with Crippen LogP contribution in [-0.4, -0.2) is 22.3 Å². The van der Waals surface area contributed by atoms with Crippen LogP contribution >= 0.6 is 0 Å². The van der Waals surface area contributed by atoms with Gasteiger partial charge < -0.3 is 4.84 Å². The van der Waals surface area contributed by atoms with Crippen LogP contribution in [0.25, 0.3) is 0 Å². The van der Waals surface area contributed by atoms with Crippen LogP contribution in [0.3, 0.4) is 0 Å². The van der Waals surface area contributed by atoms with E-state index in [1.165, 1.54) is 6.92 Å². The molecule has 0 aromatic heterocycles. The predicted molar refractivity (Wildman–Crippen MR) is 60.6 cm³/mol. The predicted octanol–water partition coefficient (Wildman–Crippen LogP) is 1.35. The fourth-order valence-electron chi connectivity index (χ4n) is 2.18. The highest BCUT2D eigenvalue weighted by Gasteiger charge is 2.39. The highest BCUT2D eigenvalue weighted by atomic mass is 17.0. The van der Waals surface area contributed by atoms with E-state index in [9.17, 15) is 19.7 Å². The molecular formula is C12H11NO5. The second kappa shape index (κ2) is 4.21. The second-order valence-corrected chi connectivity index (χ2v) is 4.53. The van der Waals surface area contributed by atoms with Crippen LogP contribution in [0.15, 0.2) is 24.3 Å². The Balaban J connectivity index is 2.45. The number of benzene rings is 1. The summed E-state index contributed by atoms with van der Waals surface area (Å²) in [6, 6.07) is 6.59. The number of hydrogen-bond acceptors (Lipinski definition) is 5. The molecule has 0 N–H and O–H groups in total. The first-order valence-electron chi connectivity index (χ1n) is 5.40. The van der Waals surface area contributed by atoms with Crippen LogP contribution in [0.5, 0.6) is 0 Å². The first-order chi connectivity index (χ1) is 8.41. The summed E-state index contributed by atoms with van der Waals surface area (Å²) in [5.74, 6) is -1.27. The topological polar surface area (TPSA) is 86.5 Å². The number of nitrogens with zero attached hydrogens (tertiary/aromatic N) is 1. The van der Waals surface area contributed by atoms with Crippen LogP contribution in [-0.2, 0) is 16.1 Å². The van der Waals surface area contributed by atoms with Gasteiger partial charge in [-0.1, -0.05) is 24.3 Å². The molecule has 0 saturated heterocycles. The maximum atomic E-state index is 11.8. The van der Waals surface area contributed by atoms with Gasteiger partial charge in [0, 0.05) is 18.4 Å². The van der Waals surface area contributed by atoms with Crippen LogP contribution in [0.1, 0.15) is 29.3 Å². The highest BCUT2D eigenvalue weighted by Crippen LogP contribution is 2.28. The third-order valence-electron chi connectivity index (χ3n) is 2.91. The molecule has 1 atom stereocenters. The minimum absolute atomic E-state index is 0.154. The molecule has 94 valence electrons. The third-order valence-corrected chi connectivity index (χ3v) is 2.91. The van der Waals surface area contributed by atoms with Crippen molar-refractivity contribution in [2.75, 3.05) is 0 Å². The molecule has 0 radical (unpaired) electrons. The van der Waals surface area contributed by atoms with Gasteiger partial charge in [0.2, 0.25) is 11.6 Å². The van der Waals surface area contributed by atoms with E-state index in [1.807, 2.05) is 0 Å². The zero-order valence-corrected chi connectivity index (χ0v) is 9.71. The molecule has 0 heterocycles. The van der Waals surface area contributed by atoms with Crippen molar-refractivity contribution in [3.8, 4) is 0 Å². The summed E-state index contributed by atoms with van der Waals surface area (Å²) in [5, 5.41) is 9.55. The lowest BCUT2D eigenvalue weighted by atomic mass is 9.94. The average molecular weight is 249 g/mol. The summed E-state index contributed by atoms with van der Waals surface area (Å²) in [6.07, 6.45) is -0.136. The Morgan fingerprint density at radius 2 is 1.94 bits per heavy atom. The lowest BCUT2D eigenvalue weighted by Gasteiger charge is -2.24. The molecule has 2 rings (SSSR count). The average Bonchev–Trinajstić information content (AvgIpc) is 2.34. The van der Waals surface area contributed by atoms with Crippen molar-refractivity contribution >= 4 is 11.6 Å². The summed E-state index contributed by atoms with van der Waals surface area (Å²) in [5.41, 5.74) is -0.390. The lowest BCUT2D eigenvalue weighted by molar-refractivity contribution is -0.779. The second-order valence-electron chi connectivity index (χ2n) is 4.53. The van der Waals surface area contributed by atoms with Crippen molar-refractivity contribution in [1.29, 1.82) is 0 Å². The van der Waals surface area contributed by atoms with Gasteiger partial charge in [-0.3, -0.25) is 9.59 Å². The van der Waals surface area contributed by atoms with Crippen molar-refractivity contribution in [2.24, 2.45) is 0 Å². The number of Topliss-reactive ketones (excluding diaryl/α,β-unsaturated/α-hetero) is 2. The Labute approximate surface area is 103 Å². The molecule has 0 spiro atoms. The van der Waals surface area contributed by atoms with Crippen molar-refractivity contribution in [3.05, 3.63) is 45.5 Å². The first kappa shape index (κ1) is 12.2. The monoisotopic (exact) mass is 249 g/mol. The number of fused-ring (bicyclic) bond motifs is 1. The lowest BCUT2D eigenvalue weighted by Crippen LogP contribution is -2.36. The van der Waals surface area contributed by atoms with Crippen molar-refractivity contribution < 1.29 is 19.5 Å². The van der Waals surface area contributed by atoms with E-state index < -0.39 is 22.3 Å². The zero-order valence-electron chi connectivity index (χ0n) is 9.71.